The molecule has 0 spiro atoms. The molecule has 0 saturated carbocycles. The molecule has 0 radical (unpaired) electrons. The lowest BCUT2D eigenvalue weighted by Crippen LogP contribution is -2.30. The Balaban J connectivity index is 2.03. The summed E-state index contributed by atoms with van der Waals surface area (Å²) in [7, 11) is -0.185. The molecule has 0 saturated heterocycles. The Bertz CT molecular complexity index is 577. The number of benzene rings is 1. The summed E-state index contributed by atoms with van der Waals surface area (Å²) in [6, 6.07) is 8.10. The minimum absolute atomic E-state index is 0.0284. The zero-order chi connectivity index (χ0) is 14.5. The molecular formula is C13H13BFNO4. The first kappa shape index (κ1) is 14.3. The van der Waals surface area contributed by atoms with Gasteiger partial charge in [0.25, 0.3) is 5.88 Å². The fraction of sp³-hybridized carbons (Fsp3) is 0.154. The summed E-state index contributed by atoms with van der Waals surface area (Å²) in [5.74, 6) is -0.214. The van der Waals surface area contributed by atoms with Crippen LogP contribution in [0.1, 0.15) is 5.56 Å². The SMILES string of the molecule is COc1ccc(COc2ncc(B(O)O)cc2F)cc1. The molecule has 20 heavy (non-hydrogen) atoms. The number of hydrogen-bond donors (Lipinski definition) is 2. The quantitative estimate of drug-likeness (QED) is 0.778. The van der Waals surface area contributed by atoms with Gasteiger partial charge in [-0.3, -0.25) is 0 Å². The third-order valence-corrected chi connectivity index (χ3v) is 2.66. The molecule has 1 aromatic heterocycles. The summed E-state index contributed by atoms with van der Waals surface area (Å²) >= 11 is 0. The van der Waals surface area contributed by atoms with Gasteiger partial charge in [-0.2, -0.15) is 0 Å². The number of aromatic nitrogens is 1. The van der Waals surface area contributed by atoms with E-state index in [1.54, 1.807) is 31.4 Å². The Morgan fingerprint density at radius 2 is 1.95 bits per heavy atom. The molecule has 1 heterocycles. The zero-order valence-corrected chi connectivity index (χ0v) is 10.8. The summed E-state index contributed by atoms with van der Waals surface area (Å²) in [5.41, 5.74) is 0.803. The van der Waals surface area contributed by atoms with E-state index in [0.717, 1.165) is 23.6 Å². The maximum Gasteiger partial charge on any atom is 0.490 e. The molecule has 0 amide bonds. The molecule has 0 bridgehead atoms. The van der Waals surface area contributed by atoms with Crippen LogP contribution in [-0.4, -0.2) is 29.3 Å². The number of nitrogens with zero attached hydrogens (tertiary/aromatic N) is 1. The Morgan fingerprint density at radius 1 is 1.25 bits per heavy atom. The molecule has 1 aromatic carbocycles. The third-order valence-electron chi connectivity index (χ3n) is 2.66. The zero-order valence-electron chi connectivity index (χ0n) is 10.8. The molecule has 0 aliphatic heterocycles. The third kappa shape index (κ3) is 3.46. The minimum Gasteiger partial charge on any atom is -0.497 e. The van der Waals surface area contributed by atoms with Gasteiger partial charge in [0.1, 0.15) is 12.4 Å². The van der Waals surface area contributed by atoms with Gasteiger partial charge in [-0.15, -0.1) is 0 Å². The number of pyridine rings is 1. The first-order chi connectivity index (χ1) is 9.60. The van der Waals surface area contributed by atoms with E-state index in [2.05, 4.69) is 4.98 Å². The highest BCUT2D eigenvalue weighted by molar-refractivity contribution is 6.58. The molecule has 2 rings (SSSR count). The Hall–Kier alpha value is -2.12. The summed E-state index contributed by atoms with van der Waals surface area (Å²) < 4.78 is 23.9. The van der Waals surface area contributed by atoms with Crippen LogP contribution in [0.4, 0.5) is 4.39 Å². The largest absolute Gasteiger partial charge is 0.497 e. The smallest absolute Gasteiger partial charge is 0.490 e. The van der Waals surface area contributed by atoms with Gasteiger partial charge in [0.2, 0.25) is 0 Å². The van der Waals surface area contributed by atoms with Crippen molar-refractivity contribution in [2.75, 3.05) is 7.11 Å². The highest BCUT2D eigenvalue weighted by Crippen LogP contribution is 2.15. The Labute approximate surface area is 115 Å². The van der Waals surface area contributed by atoms with Crippen LogP contribution in [0.3, 0.4) is 0 Å². The second-order valence-electron chi connectivity index (χ2n) is 4.07. The molecule has 5 nitrogen and oxygen atoms in total. The second kappa shape index (κ2) is 6.36. The molecular weight excluding hydrogens is 264 g/mol. The first-order valence-corrected chi connectivity index (χ1v) is 5.87. The lowest BCUT2D eigenvalue weighted by Gasteiger charge is -2.08. The molecule has 104 valence electrons. The maximum atomic E-state index is 13.6. The number of rotatable bonds is 5. The molecule has 2 aromatic rings. The molecule has 0 aliphatic rings. The fourth-order valence-corrected chi connectivity index (χ4v) is 1.56. The van der Waals surface area contributed by atoms with Gasteiger partial charge in [0.15, 0.2) is 5.82 Å². The van der Waals surface area contributed by atoms with Gasteiger partial charge in [-0.1, -0.05) is 12.1 Å². The van der Waals surface area contributed by atoms with Crippen LogP contribution in [0.5, 0.6) is 11.6 Å². The summed E-state index contributed by atoms with van der Waals surface area (Å²) in [5, 5.41) is 17.8. The maximum absolute atomic E-state index is 13.6. The van der Waals surface area contributed by atoms with Crippen molar-refractivity contribution >= 4 is 12.6 Å². The van der Waals surface area contributed by atoms with Crippen molar-refractivity contribution in [2.45, 2.75) is 6.61 Å². The van der Waals surface area contributed by atoms with Crippen LogP contribution in [0.15, 0.2) is 36.5 Å². The average molecular weight is 277 g/mol. The topological polar surface area (TPSA) is 71.8 Å². The number of methoxy groups -OCH3 is 1. The molecule has 7 heteroatoms. The van der Waals surface area contributed by atoms with Crippen molar-refractivity contribution in [2.24, 2.45) is 0 Å². The van der Waals surface area contributed by atoms with Gasteiger partial charge in [-0.05, 0) is 23.8 Å². The van der Waals surface area contributed by atoms with Crippen LogP contribution < -0.4 is 14.9 Å². The fourth-order valence-electron chi connectivity index (χ4n) is 1.56. The van der Waals surface area contributed by atoms with Gasteiger partial charge < -0.3 is 19.5 Å². The highest BCUT2D eigenvalue weighted by Gasteiger charge is 2.15. The van der Waals surface area contributed by atoms with Crippen LogP contribution in [0, 0.1) is 5.82 Å². The van der Waals surface area contributed by atoms with E-state index in [-0.39, 0.29) is 17.9 Å². The van der Waals surface area contributed by atoms with Crippen molar-refractivity contribution in [3.8, 4) is 11.6 Å². The van der Waals surface area contributed by atoms with Gasteiger partial charge in [-0.25, -0.2) is 9.37 Å². The predicted molar refractivity (Wildman–Crippen MR) is 71.3 cm³/mol. The van der Waals surface area contributed by atoms with E-state index >= 15 is 0 Å². The van der Waals surface area contributed by atoms with Gasteiger partial charge >= 0.3 is 7.12 Å². The van der Waals surface area contributed by atoms with E-state index < -0.39 is 12.9 Å². The van der Waals surface area contributed by atoms with Crippen molar-refractivity contribution < 1.29 is 23.9 Å². The lowest BCUT2D eigenvalue weighted by atomic mass is 9.82. The van der Waals surface area contributed by atoms with Gasteiger partial charge in [0.05, 0.1) is 7.11 Å². The number of hydrogen-bond acceptors (Lipinski definition) is 5. The van der Waals surface area contributed by atoms with E-state index in [0.29, 0.717) is 0 Å². The van der Waals surface area contributed by atoms with Crippen molar-refractivity contribution in [1.82, 2.24) is 4.98 Å². The van der Waals surface area contributed by atoms with E-state index in [1.165, 1.54) is 0 Å². The number of ether oxygens (including phenoxy) is 2. The predicted octanol–water partition coefficient (Wildman–Crippen LogP) is 0.488. The molecule has 0 atom stereocenters. The molecule has 0 unspecified atom stereocenters. The van der Waals surface area contributed by atoms with E-state index in [9.17, 15) is 4.39 Å². The van der Waals surface area contributed by atoms with E-state index in [4.69, 9.17) is 19.5 Å². The van der Waals surface area contributed by atoms with Gasteiger partial charge in [0, 0.05) is 11.7 Å². The highest BCUT2D eigenvalue weighted by atomic mass is 19.1. The monoisotopic (exact) mass is 277 g/mol. The van der Waals surface area contributed by atoms with Crippen molar-refractivity contribution in [3.05, 3.63) is 47.9 Å². The van der Waals surface area contributed by atoms with Crippen LogP contribution in [0.2, 0.25) is 0 Å². The van der Waals surface area contributed by atoms with Crippen molar-refractivity contribution in [3.63, 3.8) is 0 Å². The lowest BCUT2D eigenvalue weighted by molar-refractivity contribution is 0.277. The molecule has 0 aliphatic carbocycles. The first-order valence-electron chi connectivity index (χ1n) is 5.87. The average Bonchev–Trinajstić information content (AvgIpc) is 2.46. The van der Waals surface area contributed by atoms with Crippen LogP contribution in [-0.2, 0) is 6.61 Å². The number of halogens is 1. The van der Waals surface area contributed by atoms with Crippen LogP contribution in [0.25, 0.3) is 0 Å². The minimum atomic E-state index is -1.76. The summed E-state index contributed by atoms with van der Waals surface area (Å²) in [6.07, 6.45) is 1.15. The Morgan fingerprint density at radius 3 is 2.50 bits per heavy atom. The Kier molecular flexibility index (Phi) is 4.55. The normalized spacial score (nSPS) is 10.2. The van der Waals surface area contributed by atoms with Crippen LogP contribution >= 0.6 is 0 Å². The summed E-state index contributed by atoms with van der Waals surface area (Å²) in [6.45, 7) is 0.148. The van der Waals surface area contributed by atoms with E-state index in [1.807, 2.05) is 0 Å². The molecule has 0 fully saturated rings. The summed E-state index contributed by atoms with van der Waals surface area (Å²) in [4.78, 5) is 3.71. The standard InChI is InChI=1S/C13H13BFNO4/c1-19-11-4-2-9(3-5-11)8-20-13-12(15)6-10(7-16-13)14(17)18/h2-7,17-18H,8H2,1H3. The van der Waals surface area contributed by atoms with Crippen molar-refractivity contribution in [1.29, 1.82) is 0 Å². The molecule has 2 N–H and O–H groups in total. The second-order valence-corrected chi connectivity index (χ2v) is 4.07.